The SMILES string of the molecule is COc1ccc2c(c1)C(NCC1(O)CCOC1C)CCO2. The molecule has 1 saturated heterocycles. The lowest BCUT2D eigenvalue weighted by Gasteiger charge is -2.32. The summed E-state index contributed by atoms with van der Waals surface area (Å²) in [6.07, 6.45) is 1.43. The van der Waals surface area contributed by atoms with E-state index in [1.807, 2.05) is 25.1 Å². The van der Waals surface area contributed by atoms with Crippen molar-refractivity contribution in [1.29, 1.82) is 0 Å². The number of methoxy groups -OCH3 is 1. The monoisotopic (exact) mass is 293 g/mol. The van der Waals surface area contributed by atoms with E-state index >= 15 is 0 Å². The van der Waals surface area contributed by atoms with Crippen molar-refractivity contribution in [2.45, 2.75) is 37.5 Å². The average Bonchev–Trinajstić information content (AvgIpc) is 2.84. The summed E-state index contributed by atoms with van der Waals surface area (Å²) in [7, 11) is 1.66. The van der Waals surface area contributed by atoms with Gasteiger partial charge in [-0.25, -0.2) is 0 Å². The Kier molecular flexibility index (Phi) is 4.06. The van der Waals surface area contributed by atoms with Crippen LogP contribution in [0.25, 0.3) is 0 Å². The highest BCUT2D eigenvalue weighted by molar-refractivity contribution is 5.43. The second kappa shape index (κ2) is 5.83. The number of fused-ring (bicyclic) bond motifs is 1. The van der Waals surface area contributed by atoms with Gasteiger partial charge in [-0.05, 0) is 25.1 Å². The fourth-order valence-corrected chi connectivity index (χ4v) is 3.01. The van der Waals surface area contributed by atoms with E-state index in [0.29, 0.717) is 26.2 Å². The smallest absolute Gasteiger partial charge is 0.124 e. The fourth-order valence-electron chi connectivity index (χ4n) is 3.01. The van der Waals surface area contributed by atoms with Crippen molar-refractivity contribution in [1.82, 2.24) is 5.32 Å². The van der Waals surface area contributed by atoms with E-state index < -0.39 is 5.60 Å². The Morgan fingerprint density at radius 3 is 3.00 bits per heavy atom. The first kappa shape index (κ1) is 14.6. The van der Waals surface area contributed by atoms with E-state index in [-0.39, 0.29) is 12.1 Å². The van der Waals surface area contributed by atoms with Gasteiger partial charge in [0, 0.05) is 37.6 Å². The molecule has 0 spiro atoms. The Bertz CT molecular complexity index is 507. The molecule has 5 nitrogen and oxygen atoms in total. The molecule has 2 aliphatic heterocycles. The number of ether oxygens (including phenoxy) is 3. The molecule has 3 atom stereocenters. The lowest BCUT2D eigenvalue weighted by molar-refractivity contribution is -0.0283. The van der Waals surface area contributed by atoms with Gasteiger partial charge in [0.15, 0.2) is 0 Å². The minimum Gasteiger partial charge on any atom is -0.497 e. The second-order valence-corrected chi connectivity index (χ2v) is 5.84. The number of rotatable bonds is 4. The topological polar surface area (TPSA) is 60.0 Å². The van der Waals surface area contributed by atoms with Crippen LogP contribution in [-0.4, -0.2) is 43.7 Å². The van der Waals surface area contributed by atoms with Gasteiger partial charge in [0.25, 0.3) is 0 Å². The van der Waals surface area contributed by atoms with Gasteiger partial charge in [-0.1, -0.05) is 0 Å². The van der Waals surface area contributed by atoms with E-state index in [1.165, 1.54) is 0 Å². The molecular formula is C16H23NO4. The number of aliphatic hydroxyl groups is 1. The number of hydrogen-bond donors (Lipinski definition) is 2. The van der Waals surface area contributed by atoms with Gasteiger partial charge >= 0.3 is 0 Å². The number of nitrogens with one attached hydrogen (secondary N) is 1. The van der Waals surface area contributed by atoms with Gasteiger partial charge in [-0.15, -0.1) is 0 Å². The highest BCUT2D eigenvalue weighted by atomic mass is 16.5. The third-order valence-corrected chi connectivity index (χ3v) is 4.57. The Morgan fingerprint density at radius 1 is 1.43 bits per heavy atom. The van der Waals surface area contributed by atoms with Crippen molar-refractivity contribution in [3.63, 3.8) is 0 Å². The molecule has 3 unspecified atom stereocenters. The zero-order valence-electron chi connectivity index (χ0n) is 12.6. The molecule has 0 aliphatic carbocycles. The molecule has 116 valence electrons. The van der Waals surface area contributed by atoms with E-state index in [9.17, 15) is 5.11 Å². The van der Waals surface area contributed by atoms with Crippen LogP contribution in [0, 0.1) is 0 Å². The minimum atomic E-state index is -0.780. The zero-order valence-corrected chi connectivity index (χ0v) is 12.6. The first-order valence-corrected chi connectivity index (χ1v) is 7.50. The molecular weight excluding hydrogens is 270 g/mol. The first-order valence-electron chi connectivity index (χ1n) is 7.50. The number of benzene rings is 1. The van der Waals surface area contributed by atoms with Gasteiger partial charge in [0.2, 0.25) is 0 Å². The van der Waals surface area contributed by atoms with E-state index in [2.05, 4.69) is 5.32 Å². The van der Waals surface area contributed by atoms with Crippen LogP contribution in [0.15, 0.2) is 18.2 Å². The molecule has 2 heterocycles. The standard InChI is InChI=1S/C16H23NO4/c1-11-16(18,6-8-20-11)10-17-14-5-7-21-15-4-3-12(19-2)9-13(14)15/h3-4,9,11,14,17-18H,5-8,10H2,1-2H3. The summed E-state index contributed by atoms with van der Waals surface area (Å²) in [5, 5.41) is 14.1. The molecule has 0 aromatic heterocycles. The largest absolute Gasteiger partial charge is 0.497 e. The third-order valence-electron chi connectivity index (χ3n) is 4.57. The molecule has 2 N–H and O–H groups in total. The third kappa shape index (κ3) is 2.86. The molecule has 0 radical (unpaired) electrons. The molecule has 2 aliphatic rings. The predicted octanol–water partition coefficient (Wildman–Crippen LogP) is 1.65. The molecule has 0 saturated carbocycles. The summed E-state index contributed by atoms with van der Waals surface area (Å²) < 4.78 is 16.5. The summed E-state index contributed by atoms with van der Waals surface area (Å²) in [6.45, 7) is 3.75. The van der Waals surface area contributed by atoms with Crippen LogP contribution in [0.4, 0.5) is 0 Å². The van der Waals surface area contributed by atoms with Gasteiger partial charge in [0.05, 0.1) is 19.8 Å². The van der Waals surface area contributed by atoms with Crippen molar-refractivity contribution in [2.75, 3.05) is 26.9 Å². The van der Waals surface area contributed by atoms with Crippen molar-refractivity contribution in [3.8, 4) is 11.5 Å². The van der Waals surface area contributed by atoms with E-state index in [1.54, 1.807) is 7.11 Å². The van der Waals surface area contributed by atoms with E-state index in [4.69, 9.17) is 14.2 Å². The highest BCUT2D eigenvalue weighted by Crippen LogP contribution is 2.35. The zero-order chi connectivity index (χ0) is 14.9. The lowest BCUT2D eigenvalue weighted by atomic mass is 9.94. The molecule has 21 heavy (non-hydrogen) atoms. The van der Waals surface area contributed by atoms with Gasteiger partial charge in [-0.2, -0.15) is 0 Å². The number of hydrogen-bond acceptors (Lipinski definition) is 5. The van der Waals surface area contributed by atoms with Crippen LogP contribution < -0.4 is 14.8 Å². The summed E-state index contributed by atoms with van der Waals surface area (Å²) >= 11 is 0. The Morgan fingerprint density at radius 2 is 2.29 bits per heavy atom. The molecule has 5 heteroatoms. The van der Waals surface area contributed by atoms with Crippen LogP contribution in [-0.2, 0) is 4.74 Å². The molecule has 1 fully saturated rings. The first-order chi connectivity index (χ1) is 10.1. The molecule has 1 aromatic carbocycles. The Hall–Kier alpha value is -1.30. The fraction of sp³-hybridized carbons (Fsp3) is 0.625. The Balaban J connectivity index is 1.73. The van der Waals surface area contributed by atoms with Gasteiger partial charge in [-0.3, -0.25) is 0 Å². The predicted molar refractivity (Wildman–Crippen MR) is 78.8 cm³/mol. The summed E-state index contributed by atoms with van der Waals surface area (Å²) in [4.78, 5) is 0. The normalized spacial score (nSPS) is 31.6. The average molecular weight is 293 g/mol. The quantitative estimate of drug-likeness (QED) is 0.884. The van der Waals surface area contributed by atoms with Crippen LogP contribution in [0.3, 0.4) is 0 Å². The van der Waals surface area contributed by atoms with Crippen molar-refractivity contribution < 1.29 is 19.3 Å². The maximum atomic E-state index is 10.6. The van der Waals surface area contributed by atoms with E-state index in [0.717, 1.165) is 23.5 Å². The summed E-state index contributed by atoms with van der Waals surface area (Å²) in [6, 6.07) is 6.02. The van der Waals surface area contributed by atoms with Crippen LogP contribution in [0.1, 0.15) is 31.4 Å². The van der Waals surface area contributed by atoms with Crippen LogP contribution >= 0.6 is 0 Å². The second-order valence-electron chi connectivity index (χ2n) is 5.84. The van der Waals surface area contributed by atoms with Gasteiger partial charge in [0.1, 0.15) is 17.1 Å². The highest BCUT2D eigenvalue weighted by Gasteiger charge is 2.40. The van der Waals surface area contributed by atoms with Gasteiger partial charge < -0.3 is 24.6 Å². The van der Waals surface area contributed by atoms with Crippen molar-refractivity contribution in [3.05, 3.63) is 23.8 Å². The lowest BCUT2D eigenvalue weighted by Crippen LogP contribution is -2.47. The summed E-state index contributed by atoms with van der Waals surface area (Å²) in [5.41, 5.74) is 0.313. The van der Waals surface area contributed by atoms with Crippen molar-refractivity contribution in [2.24, 2.45) is 0 Å². The minimum absolute atomic E-state index is 0.130. The van der Waals surface area contributed by atoms with Crippen LogP contribution in [0.5, 0.6) is 11.5 Å². The Labute approximate surface area is 125 Å². The molecule has 0 amide bonds. The molecule has 0 bridgehead atoms. The van der Waals surface area contributed by atoms with Crippen molar-refractivity contribution >= 4 is 0 Å². The molecule has 3 rings (SSSR count). The molecule has 1 aromatic rings. The van der Waals surface area contributed by atoms with Crippen LogP contribution in [0.2, 0.25) is 0 Å². The summed E-state index contributed by atoms with van der Waals surface area (Å²) in [5.74, 6) is 1.71. The maximum absolute atomic E-state index is 10.6. The maximum Gasteiger partial charge on any atom is 0.124 e.